The fraction of sp³-hybridized carbons (Fsp3) is 0.455. The first-order valence-corrected chi connectivity index (χ1v) is 10.3. The van der Waals surface area contributed by atoms with Crippen LogP contribution in [-0.4, -0.2) is 71.0 Å². The number of carbonyl (C=O) groups is 3. The predicted octanol–water partition coefficient (Wildman–Crippen LogP) is 2.14. The van der Waals surface area contributed by atoms with E-state index in [1.165, 1.54) is 24.5 Å². The highest BCUT2D eigenvalue weighted by Crippen LogP contribution is 2.40. The number of nitrogens with zero attached hydrogens (tertiary/aromatic N) is 5. The van der Waals surface area contributed by atoms with Crippen LogP contribution in [0, 0.1) is 0 Å². The number of hydrogen-bond acceptors (Lipinski definition) is 7. The van der Waals surface area contributed by atoms with Crippen molar-refractivity contribution in [2.75, 3.05) is 19.1 Å². The van der Waals surface area contributed by atoms with Gasteiger partial charge >= 0.3 is 12.0 Å². The van der Waals surface area contributed by atoms with Gasteiger partial charge in [0.25, 0.3) is 5.91 Å². The van der Waals surface area contributed by atoms with Gasteiger partial charge in [-0.15, -0.1) is 0 Å². The Balaban J connectivity index is 1.74. The van der Waals surface area contributed by atoms with Gasteiger partial charge < -0.3 is 9.64 Å². The summed E-state index contributed by atoms with van der Waals surface area (Å²) < 4.78 is 4.76. The number of anilines is 1. The largest absolute Gasteiger partial charge is 0.467 e. The van der Waals surface area contributed by atoms with Crippen molar-refractivity contribution in [3.63, 3.8) is 0 Å². The second-order valence-electron chi connectivity index (χ2n) is 7.98. The summed E-state index contributed by atoms with van der Waals surface area (Å²) in [6.07, 6.45) is 0.276. The molecule has 1 aromatic carbocycles. The van der Waals surface area contributed by atoms with Gasteiger partial charge in [0.1, 0.15) is 6.04 Å². The fourth-order valence-electron chi connectivity index (χ4n) is 4.40. The Hall–Kier alpha value is -3.36. The Bertz CT molecular complexity index is 1020. The second-order valence-corrected chi connectivity index (χ2v) is 7.98. The Morgan fingerprint density at radius 3 is 2.39 bits per heavy atom. The standard InChI is InChI=1S/C22H27N5O4/c1-7-15-8-10-16(11-9-15)25-12(2)13(3)26-17-18(23-21(25)26)24(5)22(30)27(19(17)28)14(4)20(29)31-6/h8-11,14,17-18H,7H2,1-6H3. The summed E-state index contributed by atoms with van der Waals surface area (Å²) in [5.41, 5.74) is 4.01. The second kappa shape index (κ2) is 7.40. The molecule has 4 rings (SSSR count). The number of ether oxygens (including phenoxy) is 1. The molecule has 0 aliphatic carbocycles. The van der Waals surface area contributed by atoms with Crippen molar-refractivity contribution in [3.05, 3.63) is 41.2 Å². The average molecular weight is 425 g/mol. The molecule has 3 unspecified atom stereocenters. The van der Waals surface area contributed by atoms with Crippen LogP contribution in [0.15, 0.2) is 40.7 Å². The van der Waals surface area contributed by atoms with Crippen molar-refractivity contribution >= 4 is 29.6 Å². The lowest BCUT2D eigenvalue weighted by molar-refractivity contribution is -0.153. The van der Waals surface area contributed by atoms with Gasteiger partial charge in [-0.05, 0) is 44.9 Å². The topological polar surface area (TPSA) is 85.8 Å². The normalized spacial score (nSPS) is 23.9. The van der Waals surface area contributed by atoms with Crippen molar-refractivity contribution in [1.29, 1.82) is 0 Å². The number of amides is 3. The summed E-state index contributed by atoms with van der Waals surface area (Å²) >= 11 is 0. The maximum Gasteiger partial charge on any atom is 0.329 e. The van der Waals surface area contributed by atoms with Crippen molar-refractivity contribution in [2.24, 2.45) is 4.99 Å². The molecule has 3 aliphatic rings. The van der Waals surface area contributed by atoms with Crippen LogP contribution < -0.4 is 4.90 Å². The molecule has 3 heterocycles. The van der Waals surface area contributed by atoms with Crippen LogP contribution in [0.2, 0.25) is 0 Å². The summed E-state index contributed by atoms with van der Waals surface area (Å²) in [7, 11) is 2.83. The van der Waals surface area contributed by atoms with E-state index in [0.717, 1.165) is 28.4 Å². The minimum Gasteiger partial charge on any atom is -0.467 e. The van der Waals surface area contributed by atoms with Crippen molar-refractivity contribution < 1.29 is 19.1 Å². The van der Waals surface area contributed by atoms with Gasteiger partial charge in [0, 0.05) is 24.1 Å². The Labute approximate surface area is 181 Å². The number of aryl methyl sites for hydroxylation is 1. The number of imide groups is 1. The van der Waals surface area contributed by atoms with E-state index in [1.807, 2.05) is 35.8 Å². The van der Waals surface area contributed by atoms with Crippen molar-refractivity contribution in [2.45, 2.75) is 52.4 Å². The smallest absolute Gasteiger partial charge is 0.329 e. The molecule has 0 bridgehead atoms. The quantitative estimate of drug-likeness (QED) is 0.687. The van der Waals surface area contributed by atoms with Gasteiger partial charge in [-0.2, -0.15) is 0 Å². The summed E-state index contributed by atoms with van der Waals surface area (Å²) in [4.78, 5) is 49.5. The van der Waals surface area contributed by atoms with E-state index in [-0.39, 0.29) is 0 Å². The van der Waals surface area contributed by atoms with Crippen LogP contribution >= 0.6 is 0 Å². The number of carbonyl (C=O) groups excluding carboxylic acids is 3. The van der Waals surface area contributed by atoms with E-state index in [2.05, 4.69) is 19.1 Å². The van der Waals surface area contributed by atoms with Gasteiger partial charge in [-0.3, -0.25) is 14.6 Å². The molecule has 1 saturated heterocycles. The number of likely N-dealkylation sites (N-methyl/N-ethyl adjacent to an activating group) is 1. The molecule has 0 N–H and O–H groups in total. The van der Waals surface area contributed by atoms with Crippen LogP contribution in [0.5, 0.6) is 0 Å². The lowest BCUT2D eigenvalue weighted by Gasteiger charge is -2.42. The molecule has 3 atom stereocenters. The Kier molecular flexibility index (Phi) is 4.99. The van der Waals surface area contributed by atoms with E-state index < -0.39 is 36.2 Å². The molecular weight excluding hydrogens is 398 g/mol. The number of rotatable bonds is 4. The highest BCUT2D eigenvalue weighted by atomic mass is 16.5. The molecule has 0 spiro atoms. The molecule has 0 saturated carbocycles. The minimum absolute atomic E-state index is 0.458. The molecule has 164 valence electrons. The van der Waals surface area contributed by atoms with Crippen LogP contribution in [0.3, 0.4) is 0 Å². The van der Waals surface area contributed by atoms with E-state index >= 15 is 0 Å². The first kappa shape index (κ1) is 20.9. The average Bonchev–Trinajstić information content (AvgIpc) is 3.27. The number of benzene rings is 1. The number of esters is 1. The lowest BCUT2D eigenvalue weighted by Crippen LogP contribution is -2.67. The Morgan fingerprint density at radius 1 is 1.16 bits per heavy atom. The molecule has 9 nitrogen and oxygen atoms in total. The Morgan fingerprint density at radius 2 is 1.81 bits per heavy atom. The molecule has 3 amide bonds. The number of hydrogen-bond donors (Lipinski definition) is 0. The molecule has 0 aromatic heterocycles. The molecule has 9 heteroatoms. The number of fused-ring (bicyclic) bond motifs is 3. The highest BCUT2D eigenvalue weighted by molar-refractivity contribution is 6.11. The number of aliphatic imine (C=N–C) groups is 1. The van der Waals surface area contributed by atoms with Crippen LogP contribution in [-0.2, 0) is 20.7 Å². The van der Waals surface area contributed by atoms with E-state index in [1.54, 1.807) is 7.05 Å². The number of urea groups is 1. The summed E-state index contributed by atoms with van der Waals surface area (Å²) in [5, 5.41) is 0. The zero-order valence-electron chi connectivity index (χ0n) is 18.6. The molecule has 3 aliphatic heterocycles. The van der Waals surface area contributed by atoms with Gasteiger partial charge in [-0.1, -0.05) is 19.1 Å². The number of guanidine groups is 1. The predicted molar refractivity (Wildman–Crippen MR) is 115 cm³/mol. The molecule has 1 aromatic rings. The lowest BCUT2D eigenvalue weighted by atomic mass is 10.1. The van der Waals surface area contributed by atoms with Crippen LogP contribution in [0.4, 0.5) is 10.5 Å². The molecule has 0 radical (unpaired) electrons. The monoisotopic (exact) mass is 425 g/mol. The molecular formula is C22H27N5O4. The van der Waals surface area contributed by atoms with Crippen molar-refractivity contribution in [1.82, 2.24) is 14.7 Å². The van der Waals surface area contributed by atoms with E-state index in [4.69, 9.17) is 9.73 Å². The molecule has 31 heavy (non-hydrogen) atoms. The minimum atomic E-state index is -1.02. The van der Waals surface area contributed by atoms with E-state index in [0.29, 0.717) is 5.96 Å². The van der Waals surface area contributed by atoms with E-state index in [9.17, 15) is 14.4 Å². The zero-order valence-corrected chi connectivity index (χ0v) is 18.6. The number of allylic oxidation sites excluding steroid dienone is 2. The maximum atomic E-state index is 13.5. The van der Waals surface area contributed by atoms with Crippen molar-refractivity contribution in [3.8, 4) is 0 Å². The van der Waals surface area contributed by atoms with Crippen LogP contribution in [0.1, 0.15) is 33.3 Å². The first-order valence-electron chi connectivity index (χ1n) is 10.3. The SMILES string of the molecule is CCc1ccc(N2C3=NC4C(C(=O)N(C(C)C(=O)OC)C(=O)N4C)N3C(C)=C2C)cc1. The van der Waals surface area contributed by atoms with Crippen LogP contribution in [0.25, 0.3) is 0 Å². The van der Waals surface area contributed by atoms with Gasteiger partial charge in [0.15, 0.2) is 12.2 Å². The third-order valence-electron chi connectivity index (χ3n) is 6.37. The summed E-state index contributed by atoms with van der Waals surface area (Å²) in [6, 6.07) is 5.89. The highest BCUT2D eigenvalue weighted by Gasteiger charge is 2.57. The maximum absolute atomic E-state index is 13.5. The third kappa shape index (κ3) is 2.90. The zero-order chi connectivity index (χ0) is 22.6. The number of methoxy groups -OCH3 is 1. The molecule has 1 fully saturated rings. The fourth-order valence-corrected chi connectivity index (χ4v) is 4.40. The van der Waals surface area contributed by atoms with Gasteiger partial charge in [0.05, 0.1) is 7.11 Å². The van der Waals surface area contributed by atoms with Gasteiger partial charge in [0.2, 0.25) is 5.96 Å². The summed E-state index contributed by atoms with van der Waals surface area (Å²) in [5.74, 6) is -0.495. The first-order chi connectivity index (χ1) is 14.7. The third-order valence-corrected chi connectivity index (χ3v) is 6.37. The summed E-state index contributed by atoms with van der Waals surface area (Å²) in [6.45, 7) is 7.51. The van der Waals surface area contributed by atoms with Gasteiger partial charge in [-0.25, -0.2) is 19.5 Å².